The SMILES string of the molecule is NCC1CCCCC1NC(=O)C1CC1. The minimum atomic E-state index is 0.273. The molecule has 2 aliphatic rings. The maximum absolute atomic E-state index is 11.6. The van der Waals surface area contributed by atoms with Gasteiger partial charge in [0.2, 0.25) is 5.91 Å². The topological polar surface area (TPSA) is 55.1 Å². The molecule has 3 N–H and O–H groups in total. The Morgan fingerprint density at radius 1 is 1.21 bits per heavy atom. The molecule has 1 amide bonds. The second kappa shape index (κ2) is 4.30. The van der Waals surface area contributed by atoms with Gasteiger partial charge in [0.15, 0.2) is 0 Å². The van der Waals surface area contributed by atoms with Crippen LogP contribution in [0.3, 0.4) is 0 Å². The third-order valence-electron chi connectivity index (χ3n) is 3.49. The maximum atomic E-state index is 11.6. The molecule has 0 heterocycles. The summed E-state index contributed by atoms with van der Waals surface area (Å²) in [5.74, 6) is 1.12. The van der Waals surface area contributed by atoms with E-state index in [4.69, 9.17) is 5.73 Å². The van der Waals surface area contributed by atoms with Crippen LogP contribution in [0.4, 0.5) is 0 Å². The molecule has 2 aliphatic carbocycles. The van der Waals surface area contributed by atoms with Gasteiger partial charge in [0.05, 0.1) is 0 Å². The monoisotopic (exact) mass is 196 g/mol. The largest absolute Gasteiger partial charge is 0.353 e. The van der Waals surface area contributed by atoms with E-state index < -0.39 is 0 Å². The molecule has 0 aliphatic heterocycles. The number of nitrogens with two attached hydrogens (primary N) is 1. The minimum Gasteiger partial charge on any atom is -0.353 e. The molecule has 3 heteroatoms. The van der Waals surface area contributed by atoms with E-state index in [1.54, 1.807) is 0 Å². The Hall–Kier alpha value is -0.570. The average molecular weight is 196 g/mol. The Bertz CT molecular complexity index is 213. The number of rotatable bonds is 3. The summed E-state index contributed by atoms with van der Waals surface area (Å²) in [5, 5.41) is 3.16. The van der Waals surface area contributed by atoms with Crippen LogP contribution in [0.1, 0.15) is 38.5 Å². The first-order valence-corrected chi connectivity index (χ1v) is 5.81. The van der Waals surface area contributed by atoms with Gasteiger partial charge in [-0.3, -0.25) is 4.79 Å². The molecule has 2 fully saturated rings. The van der Waals surface area contributed by atoms with E-state index in [-0.39, 0.29) is 5.91 Å². The first-order chi connectivity index (χ1) is 6.81. The first kappa shape index (κ1) is 9.97. The van der Waals surface area contributed by atoms with Crippen LogP contribution in [-0.4, -0.2) is 18.5 Å². The van der Waals surface area contributed by atoms with E-state index >= 15 is 0 Å². The summed E-state index contributed by atoms with van der Waals surface area (Å²) in [6.45, 7) is 0.718. The Labute approximate surface area is 85.4 Å². The van der Waals surface area contributed by atoms with Crippen molar-refractivity contribution < 1.29 is 4.79 Å². The van der Waals surface area contributed by atoms with Gasteiger partial charge in [0.25, 0.3) is 0 Å². The first-order valence-electron chi connectivity index (χ1n) is 5.81. The molecular weight excluding hydrogens is 176 g/mol. The van der Waals surface area contributed by atoms with Crippen LogP contribution < -0.4 is 11.1 Å². The number of carbonyl (C=O) groups excluding carboxylic acids is 1. The van der Waals surface area contributed by atoms with Gasteiger partial charge in [-0.15, -0.1) is 0 Å². The zero-order valence-electron chi connectivity index (χ0n) is 8.67. The van der Waals surface area contributed by atoms with Crippen LogP contribution >= 0.6 is 0 Å². The molecule has 14 heavy (non-hydrogen) atoms. The second-order valence-corrected chi connectivity index (χ2v) is 4.67. The van der Waals surface area contributed by atoms with Gasteiger partial charge in [0, 0.05) is 12.0 Å². The summed E-state index contributed by atoms with van der Waals surface area (Å²) in [6.07, 6.45) is 7.01. The zero-order valence-corrected chi connectivity index (χ0v) is 8.67. The highest BCUT2D eigenvalue weighted by atomic mass is 16.2. The third-order valence-corrected chi connectivity index (χ3v) is 3.49. The molecule has 0 aromatic rings. The normalized spacial score (nSPS) is 32.6. The summed E-state index contributed by atoms with van der Waals surface area (Å²) in [5.41, 5.74) is 5.71. The van der Waals surface area contributed by atoms with Crippen LogP contribution in [0.5, 0.6) is 0 Å². The highest BCUT2D eigenvalue weighted by molar-refractivity contribution is 5.81. The van der Waals surface area contributed by atoms with Gasteiger partial charge >= 0.3 is 0 Å². The Morgan fingerprint density at radius 2 is 1.93 bits per heavy atom. The number of carbonyl (C=O) groups is 1. The predicted molar refractivity (Wildman–Crippen MR) is 55.7 cm³/mol. The maximum Gasteiger partial charge on any atom is 0.223 e. The molecule has 0 aromatic carbocycles. The van der Waals surface area contributed by atoms with Gasteiger partial charge < -0.3 is 11.1 Å². The summed E-state index contributed by atoms with van der Waals surface area (Å²) < 4.78 is 0. The van der Waals surface area contributed by atoms with Gasteiger partial charge in [0.1, 0.15) is 0 Å². The van der Waals surface area contributed by atoms with Crippen LogP contribution in [0.25, 0.3) is 0 Å². The summed E-state index contributed by atoms with van der Waals surface area (Å²) in [4.78, 5) is 11.6. The minimum absolute atomic E-state index is 0.273. The van der Waals surface area contributed by atoms with Crippen molar-refractivity contribution in [2.24, 2.45) is 17.6 Å². The molecule has 0 spiro atoms. The lowest BCUT2D eigenvalue weighted by Crippen LogP contribution is -2.45. The van der Waals surface area contributed by atoms with Crippen LogP contribution in [-0.2, 0) is 4.79 Å². The number of nitrogens with one attached hydrogen (secondary N) is 1. The average Bonchev–Trinajstić information content (AvgIpc) is 3.02. The fraction of sp³-hybridized carbons (Fsp3) is 0.909. The molecular formula is C11H20N2O. The highest BCUT2D eigenvalue weighted by Gasteiger charge is 2.33. The van der Waals surface area contributed by atoms with Gasteiger partial charge in [-0.1, -0.05) is 12.8 Å². The van der Waals surface area contributed by atoms with Crippen molar-refractivity contribution in [3.05, 3.63) is 0 Å². The van der Waals surface area contributed by atoms with Crippen molar-refractivity contribution in [2.45, 2.75) is 44.6 Å². The van der Waals surface area contributed by atoms with Gasteiger partial charge in [-0.25, -0.2) is 0 Å². The van der Waals surface area contributed by atoms with E-state index in [1.807, 2.05) is 0 Å². The number of amides is 1. The standard InChI is InChI=1S/C11H20N2O/c12-7-9-3-1-2-4-10(9)13-11(14)8-5-6-8/h8-10H,1-7,12H2,(H,13,14). The summed E-state index contributed by atoms with van der Waals surface area (Å²) >= 11 is 0. The number of hydrogen-bond donors (Lipinski definition) is 2. The quantitative estimate of drug-likeness (QED) is 0.708. The van der Waals surface area contributed by atoms with E-state index in [0.29, 0.717) is 17.9 Å². The van der Waals surface area contributed by atoms with E-state index in [1.165, 1.54) is 19.3 Å². The smallest absolute Gasteiger partial charge is 0.223 e. The van der Waals surface area contributed by atoms with Crippen molar-refractivity contribution in [1.82, 2.24) is 5.32 Å². The zero-order chi connectivity index (χ0) is 9.97. The highest BCUT2D eigenvalue weighted by Crippen LogP contribution is 2.30. The van der Waals surface area contributed by atoms with Crippen molar-refractivity contribution in [3.63, 3.8) is 0 Å². The van der Waals surface area contributed by atoms with Crippen molar-refractivity contribution in [3.8, 4) is 0 Å². The Kier molecular flexibility index (Phi) is 3.06. The molecule has 2 unspecified atom stereocenters. The van der Waals surface area contributed by atoms with Crippen LogP contribution in [0.15, 0.2) is 0 Å². The molecule has 3 nitrogen and oxygen atoms in total. The summed E-state index contributed by atoms with van der Waals surface area (Å²) in [6, 6.07) is 0.363. The van der Waals surface area contributed by atoms with Crippen molar-refractivity contribution in [1.29, 1.82) is 0 Å². The Balaban J connectivity index is 1.83. The molecule has 2 rings (SSSR count). The van der Waals surface area contributed by atoms with Crippen LogP contribution in [0.2, 0.25) is 0 Å². The lowest BCUT2D eigenvalue weighted by atomic mass is 9.84. The van der Waals surface area contributed by atoms with E-state index in [2.05, 4.69) is 5.32 Å². The van der Waals surface area contributed by atoms with Gasteiger partial charge in [-0.2, -0.15) is 0 Å². The second-order valence-electron chi connectivity index (χ2n) is 4.67. The third kappa shape index (κ3) is 2.27. The van der Waals surface area contributed by atoms with Crippen molar-refractivity contribution in [2.75, 3.05) is 6.54 Å². The predicted octanol–water partition coefficient (Wildman–Crippen LogP) is 1.03. The van der Waals surface area contributed by atoms with Crippen molar-refractivity contribution >= 4 is 5.91 Å². The van der Waals surface area contributed by atoms with E-state index in [9.17, 15) is 4.79 Å². The summed E-state index contributed by atoms with van der Waals surface area (Å²) in [7, 11) is 0. The molecule has 2 atom stereocenters. The molecule has 0 saturated heterocycles. The fourth-order valence-corrected chi connectivity index (χ4v) is 2.33. The number of hydrogen-bond acceptors (Lipinski definition) is 2. The van der Waals surface area contributed by atoms with E-state index in [0.717, 1.165) is 25.8 Å². The van der Waals surface area contributed by atoms with Crippen LogP contribution in [0, 0.1) is 11.8 Å². The molecule has 0 aromatic heterocycles. The lowest BCUT2D eigenvalue weighted by molar-refractivity contribution is -0.123. The molecule has 80 valence electrons. The van der Waals surface area contributed by atoms with Gasteiger partial charge in [-0.05, 0) is 38.1 Å². The molecule has 0 bridgehead atoms. The molecule has 2 saturated carbocycles. The Morgan fingerprint density at radius 3 is 2.57 bits per heavy atom. The molecule has 0 radical (unpaired) electrons. The fourth-order valence-electron chi connectivity index (χ4n) is 2.33. The lowest BCUT2D eigenvalue weighted by Gasteiger charge is -2.31.